The minimum atomic E-state index is -0.505. The maximum atomic E-state index is 12.4. The average Bonchev–Trinajstić information content (AvgIpc) is 2.64. The summed E-state index contributed by atoms with van der Waals surface area (Å²) in [5, 5.41) is 12.5. The van der Waals surface area contributed by atoms with Crippen molar-refractivity contribution in [2.45, 2.75) is 32.1 Å². The molecule has 0 aliphatic carbocycles. The molecule has 0 fully saturated rings. The molecule has 148 valence electrons. The van der Waals surface area contributed by atoms with E-state index in [2.05, 4.69) is 27.7 Å². The first-order valence-corrected chi connectivity index (χ1v) is 9.15. The van der Waals surface area contributed by atoms with Crippen LogP contribution in [0.5, 0.6) is 0 Å². The van der Waals surface area contributed by atoms with E-state index in [1.54, 1.807) is 13.0 Å². The number of aliphatic imine (C=N–C) groups is 1. The summed E-state index contributed by atoms with van der Waals surface area (Å²) < 4.78 is 10.4. The first-order chi connectivity index (χ1) is 13.4. The monoisotopic (exact) mass is 402 g/mol. The normalized spacial score (nSPS) is 11.5. The number of aryl methyl sites for hydroxylation is 1. The first-order valence-electron chi connectivity index (χ1n) is 8.74. The van der Waals surface area contributed by atoms with Crippen LogP contribution >= 0.6 is 12.2 Å². The van der Waals surface area contributed by atoms with E-state index in [4.69, 9.17) is 20.3 Å². The van der Waals surface area contributed by atoms with Gasteiger partial charge in [-0.2, -0.15) is 0 Å². The Balaban J connectivity index is 2.07. The summed E-state index contributed by atoms with van der Waals surface area (Å²) in [5.74, 6) is -1.17. The van der Waals surface area contributed by atoms with Crippen molar-refractivity contribution in [2.24, 2.45) is 10.7 Å². The highest BCUT2D eigenvalue weighted by Crippen LogP contribution is 2.22. The molecule has 0 bridgehead atoms. The number of rotatable bonds is 9. The van der Waals surface area contributed by atoms with Gasteiger partial charge in [0.25, 0.3) is 0 Å². The number of benzene rings is 1. The Hall–Kier alpha value is -3.03. The molecule has 0 amide bonds. The molecule has 0 radical (unpaired) electrons. The van der Waals surface area contributed by atoms with E-state index in [1.165, 1.54) is 0 Å². The van der Waals surface area contributed by atoms with Crippen LogP contribution in [0.4, 0.5) is 0 Å². The van der Waals surface area contributed by atoms with E-state index in [9.17, 15) is 9.59 Å². The van der Waals surface area contributed by atoms with E-state index >= 15 is 0 Å². The maximum absolute atomic E-state index is 12.4. The quantitative estimate of drug-likeness (QED) is 0.112. The van der Waals surface area contributed by atoms with Crippen LogP contribution < -0.4 is 16.7 Å². The fourth-order valence-corrected chi connectivity index (χ4v) is 2.78. The smallest absolute Gasteiger partial charge is 0.339 e. The van der Waals surface area contributed by atoms with Crippen molar-refractivity contribution in [1.29, 1.82) is 5.41 Å². The lowest BCUT2D eigenvalue weighted by molar-refractivity contribution is -0.144. The fraction of sp³-hybridized carbons (Fsp3) is 0.368. The number of carbonyl (C=O) groups is 1. The van der Waals surface area contributed by atoms with Gasteiger partial charge in [-0.25, -0.2) is 9.79 Å². The van der Waals surface area contributed by atoms with Crippen LogP contribution in [0.15, 0.2) is 38.5 Å². The molecule has 0 aliphatic heterocycles. The molecule has 0 saturated heterocycles. The summed E-state index contributed by atoms with van der Waals surface area (Å²) in [6, 6.07) is 7.45. The number of nitrogens with zero attached hydrogens (tertiary/aromatic N) is 1. The van der Waals surface area contributed by atoms with Crippen molar-refractivity contribution in [3.63, 3.8) is 0 Å². The number of guanidine groups is 1. The number of esters is 1. The number of nitrogens with two attached hydrogens (primary N) is 1. The third kappa shape index (κ3) is 6.29. The Morgan fingerprint density at radius 3 is 2.96 bits per heavy atom. The molecule has 9 heteroatoms. The van der Waals surface area contributed by atoms with Gasteiger partial charge in [0.2, 0.25) is 0 Å². The number of hydrogen-bond acceptors (Lipinski definition) is 7. The molecule has 8 nitrogen and oxygen atoms in total. The molecule has 2 aromatic rings. The van der Waals surface area contributed by atoms with Gasteiger partial charge >= 0.3 is 11.6 Å². The van der Waals surface area contributed by atoms with E-state index in [1.807, 2.05) is 18.2 Å². The molecule has 1 aromatic heterocycles. The largest absolute Gasteiger partial charge is 0.444 e. The maximum Gasteiger partial charge on any atom is 0.339 e. The Morgan fingerprint density at radius 2 is 2.25 bits per heavy atom. The van der Waals surface area contributed by atoms with Crippen LogP contribution in [-0.4, -0.2) is 30.4 Å². The lowest BCUT2D eigenvalue weighted by Crippen LogP contribution is -2.33. The lowest BCUT2D eigenvalue weighted by Gasteiger charge is -2.12. The molecule has 1 atom stereocenters. The third-order valence-corrected chi connectivity index (χ3v) is 4.26. The molecule has 0 aliphatic rings. The zero-order chi connectivity index (χ0) is 20.5. The van der Waals surface area contributed by atoms with E-state index in [0.29, 0.717) is 17.7 Å². The Bertz CT molecular complexity index is 966. The summed E-state index contributed by atoms with van der Waals surface area (Å²) in [4.78, 5) is 28.1. The Kier molecular flexibility index (Phi) is 7.86. The minimum Gasteiger partial charge on any atom is -0.444 e. The standard InChI is InChI=1S/C19H22N4O4S/c1-12(7-17(24)26-10-23-19(20)21)15-9-14-5-4-13(3-2-6-22-11-28)8-16(14)27-18(15)25/h4-5,8-9,12H,2-3,6-7,10H2,1H3,(H4,20,21,23). The zero-order valence-electron chi connectivity index (χ0n) is 15.5. The highest BCUT2D eigenvalue weighted by molar-refractivity contribution is 7.78. The molecule has 1 aromatic carbocycles. The van der Waals surface area contributed by atoms with Crippen molar-refractivity contribution >= 4 is 40.3 Å². The second kappa shape index (κ2) is 10.3. The summed E-state index contributed by atoms with van der Waals surface area (Å²) in [7, 11) is 0. The third-order valence-electron chi connectivity index (χ3n) is 4.13. The van der Waals surface area contributed by atoms with E-state index in [-0.39, 0.29) is 25.0 Å². The van der Waals surface area contributed by atoms with Crippen LogP contribution in [0, 0.1) is 5.41 Å². The van der Waals surface area contributed by atoms with E-state index < -0.39 is 11.6 Å². The molecular weight excluding hydrogens is 380 g/mol. The fourth-order valence-electron chi connectivity index (χ4n) is 2.69. The van der Waals surface area contributed by atoms with E-state index in [0.717, 1.165) is 23.8 Å². The summed E-state index contributed by atoms with van der Waals surface area (Å²) in [6.07, 6.45) is 1.63. The summed E-state index contributed by atoms with van der Waals surface area (Å²) >= 11 is 4.54. The lowest BCUT2D eigenvalue weighted by atomic mass is 9.98. The highest BCUT2D eigenvalue weighted by Gasteiger charge is 2.17. The predicted octanol–water partition coefficient (Wildman–Crippen LogP) is 2.31. The average molecular weight is 402 g/mol. The Labute approximate surface area is 167 Å². The number of nitrogens with one attached hydrogen (secondary N) is 2. The van der Waals surface area contributed by atoms with Crippen molar-refractivity contribution < 1.29 is 13.9 Å². The number of thiocarbonyl (C=S) groups is 1. The second-order valence-corrected chi connectivity index (χ2v) is 6.48. The van der Waals surface area contributed by atoms with Gasteiger partial charge in [-0.05, 0) is 48.7 Å². The Morgan fingerprint density at radius 1 is 1.46 bits per heavy atom. The first kappa shape index (κ1) is 21.3. The van der Waals surface area contributed by atoms with Gasteiger partial charge in [0, 0.05) is 17.5 Å². The molecule has 0 spiro atoms. The van der Waals surface area contributed by atoms with Crippen molar-refractivity contribution in [2.75, 3.05) is 13.3 Å². The van der Waals surface area contributed by atoms with Crippen LogP contribution in [0.1, 0.15) is 36.8 Å². The van der Waals surface area contributed by atoms with Gasteiger partial charge in [0.15, 0.2) is 12.7 Å². The van der Waals surface area contributed by atoms with Crippen LogP contribution in [-0.2, 0) is 16.0 Å². The number of carbonyl (C=O) groups excluding carboxylic acids is 1. The van der Waals surface area contributed by atoms with Crippen molar-refractivity contribution in [3.05, 3.63) is 45.8 Å². The topological polar surface area (TPSA) is 131 Å². The van der Waals surface area contributed by atoms with Gasteiger partial charge in [-0.1, -0.05) is 19.1 Å². The minimum absolute atomic E-state index is 0.00826. The molecule has 28 heavy (non-hydrogen) atoms. The molecule has 1 unspecified atom stereocenters. The summed E-state index contributed by atoms with van der Waals surface area (Å²) in [6.45, 7) is 2.18. The van der Waals surface area contributed by atoms with Gasteiger partial charge in [-0.3, -0.25) is 10.2 Å². The van der Waals surface area contributed by atoms with Crippen molar-refractivity contribution in [3.8, 4) is 0 Å². The molecule has 2 rings (SSSR count). The van der Waals surface area contributed by atoms with Gasteiger partial charge in [0.1, 0.15) is 5.58 Å². The molecular formula is C19H22N4O4S. The number of isothiocyanates is 1. The molecule has 1 heterocycles. The molecule has 4 N–H and O–H groups in total. The van der Waals surface area contributed by atoms with Gasteiger partial charge < -0.3 is 20.2 Å². The second-order valence-electron chi connectivity index (χ2n) is 6.29. The van der Waals surface area contributed by atoms with Crippen LogP contribution in [0.3, 0.4) is 0 Å². The SMILES string of the molecule is CC(CC(=O)OCNC(=N)N)c1cc2ccc(CCCN=C=S)cc2oc1=O. The van der Waals surface area contributed by atoms with Gasteiger partial charge in [0.05, 0.1) is 11.6 Å². The molecule has 0 saturated carbocycles. The number of ether oxygens (including phenoxy) is 1. The van der Waals surface area contributed by atoms with Gasteiger partial charge in [-0.15, -0.1) is 0 Å². The number of fused-ring (bicyclic) bond motifs is 1. The van der Waals surface area contributed by atoms with Crippen molar-refractivity contribution in [1.82, 2.24) is 5.32 Å². The number of hydrogen-bond donors (Lipinski definition) is 3. The van der Waals surface area contributed by atoms with Crippen LogP contribution in [0.2, 0.25) is 0 Å². The van der Waals surface area contributed by atoms with Crippen LogP contribution in [0.25, 0.3) is 11.0 Å². The highest BCUT2D eigenvalue weighted by atomic mass is 32.1. The zero-order valence-corrected chi connectivity index (χ0v) is 16.3. The summed E-state index contributed by atoms with van der Waals surface area (Å²) in [5.41, 5.74) is 6.59. The predicted molar refractivity (Wildman–Crippen MR) is 110 cm³/mol.